The van der Waals surface area contributed by atoms with Crippen LogP contribution in [0.3, 0.4) is 0 Å². The Hall–Kier alpha value is -3.20. The van der Waals surface area contributed by atoms with Crippen LogP contribution in [0.1, 0.15) is 12.7 Å². The summed E-state index contributed by atoms with van der Waals surface area (Å²) >= 11 is 0. The summed E-state index contributed by atoms with van der Waals surface area (Å²) in [6.45, 7) is 9.49. The van der Waals surface area contributed by atoms with Gasteiger partial charge in [0.2, 0.25) is 0 Å². The van der Waals surface area contributed by atoms with Crippen molar-refractivity contribution in [2.45, 2.75) is 6.92 Å². The van der Waals surface area contributed by atoms with Crippen molar-refractivity contribution < 1.29 is 0 Å². The zero-order chi connectivity index (χ0) is 17.2. The van der Waals surface area contributed by atoms with Crippen molar-refractivity contribution in [1.29, 1.82) is 0 Å². The molecular weight excluding hydrogens is 294 g/mol. The van der Waals surface area contributed by atoms with Crippen LogP contribution in [0.25, 0.3) is 16.8 Å². The molecule has 3 heteroatoms. The molecule has 2 aromatic rings. The second-order valence-corrected chi connectivity index (χ2v) is 4.92. The number of benzene rings is 1. The van der Waals surface area contributed by atoms with Gasteiger partial charge in [0.1, 0.15) is 5.82 Å². The Morgan fingerprint density at radius 2 is 1.88 bits per heavy atom. The first-order valence-corrected chi connectivity index (χ1v) is 7.73. The van der Waals surface area contributed by atoms with Crippen molar-refractivity contribution in [1.82, 2.24) is 9.97 Å². The molecule has 120 valence electrons. The number of hydrogen-bond donors (Lipinski definition) is 1. The molecule has 1 heterocycles. The summed E-state index contributed by atoms with van der Waals surface area (Å²) in [5.74, 6) is 1.34. The fourth-order valence-corrected chi connectivity index (χ4v) is 2.04. The molecule has 0 fully saturated rings. The quantitative estimate of drug-likeness (QED) is 0.695. The number of hydrogen-bond acceptors (Lipinski definition) is 3. The van der Waals surface area contributed by atoms with Gasteiger partial charge in [0.15, 0.2) is 5.82 Å². The Labute approximate surface area is 143 Å². The van der Waals surface area contributed by atoms with E-state index in [-0.39, 0.29) is 0 Å². The third-order valence-electron chi connectivity index (χ3n) is 3.21. The maximum atomic E-state index is 4.69. The van der Waals surface area contributed by atoms with Crippen LogP contribution < -0.4 is 5.32 Å². The van der Waals surface area contributed by atoms with Crippen molar-refractivity contribution in [2.75, 3.05) is 5.32 Å². The molecule has 2 rings (SSSR count). The first kappa shape index (κ1) is 17.2. The predicted octanol–water partition coefficient (Wildman–Crippen LogP) is 5.40. The average Bonchev–Trinajstić information content (AvgIpc) is 2.63. The molecule has 1 aromatic heterocycles. The van der Waals surface area contributed by atoms with Crippen molar-refractivity contribution in [3.63, 3.8) is 0 Å². The highest BCUT2D eigenvalue weighted by Crippen LogP contribution is 2.23. The molecule has 3 nitrogen and oxygen atoms in total. The van der Waals surface area contributed by atoms with Crippen LogP contribution >= 0.6 is 0 Å². The van der Waals surface area contributed by atoms with E-state index in [1.165, 1.54) is 0 Å². The lowest BCUT2D eigenvalue weighted by Gasteiger charge is -2.09. The summed E-state index contributed by atoms with van der Waals surface area (Å²) < 4.78 is 0. The molecule has 24 heavy (non-hydrogen) atoms. The van der Waals surface area contributed by atoms with Gasteiger partial charge in [-0.05, 0) is 13.0 Å². The minimum absolute atomic E-state index is 0.624. The molecular formula is C21H21N3. The maximum Gasteiger partial charge on any atom is 0.162 e. The summed E-state index contributed by atoms with van der Waals surface area (Å²) in [5.41, 5.74) is 2.75. The number of nitrogens with one attached hydrogen (secondary N) is 1. The number of anilines is 1. The van der Waals surface area contributed by atoms with Gasteiger partial charge >= 0.3 is 0 Å². The Morgan fingerprint density at radius 1 is 1.08 bits per heavy atom. The highest BCUT2D eigenvalue weighted by Gasteiger charge is 2.08. The normalized spacial score (nSPS) is 11.8. The number of nitrogens with zero attached hydrogens (tertiary/aromatic N) is 2. The summed E-state index contributed by atoms with van der Waals surface area (Å²) in [4.78, 5) is 9.26. The van der Waals surface area contributed by atoms with Crippen LogP contribution in [0, 0.1) is 0 Å². The van der Waals surface area contributed by atoms with Gasteiger partial charge in [0, 0.05) is 23.4 Å². The molecule has 0 bridgehead atoms. The summed E-state index contributed by atoms with van der Waals surface area (Å²) in [7, 11) is 0. The van der Waals surface area contributed by atoms with Crippen LogP contribution in [0.15, 0.2) is 92.2 Å². The number of rotatable bonds is 7. The average molecular weight is 315 g/mol. The van der Waals surface area contributed by atoms with Gasteiger partial charge in [0.25, 0.3) is 0 Å². The minimum atomic E-state index is 0.624. The molecule has 0 saturated carbocycles. The SMILES string of the molecule is C=C/C=C/Nc1cc(-c2ccccc2)nc(/C(C=C)=C/C=C\C)n1. The Balaban J connectivity index is 2.53. The molecule has 0 saturated heterocycles. The van der Waals surface area contributed by atoms with E-state index in [1.807, 2.05) is 67.6 Å². The van der Waals surface area contributed by atoms with Crippen molar-refractivity contribution >= 4 is 11.4 Å². The van der Waals surface area contributed by atoms with Gasteiger partial charge in [-0.1, -0.05) is 73.9 Å². The van der Waals surface area contributed by atoms with E-state index in [2.05, 4.69) is 28.4 Å². The Morgan fingerprint density at radius 3 is 2.54 bits per heavy atom. The summed E-state index contributed by atoms with van der Waals surface area (Å²) in [6, 6.07) is 11.9. The van der Waals surface area contributed by atoms with Crippen LogP contribution in [0.5, 0.6) is 0 Å². The molecule has 0 radical (unpaired) electrons. The van der Waals surface area contributed by atoms with Crippen molar-refractivity contribution in [3.8, 4) is 11.3 Å². The van der Waals surface area contributed by atoms with E-state index in [1.54, 1.807) is 18.4 Å². The van der Waals surface area contributed by atoms with Gasteiger partial charge in [-0.2, -0.15) is 0 Å². The molecule has 1 N–H and O–H groups in total. The van der Waals surface area contributed by atoms with E-state index in [0.717, 1.165) is 16.8 Å². The standard InChI is InChI=1S/C21H21N3/c1-4-7-12-17(6-3)21-23-19(18-13-10-9-11-14-18)16-20(24-21)22-15-8-5-2/h4-16H,2-3H2,1H3,(H,22,23,24)/b7-4-,15-8+,17-12+. The van der Waals surface area contributed by atoms with E-state index in [4.69, 9.17) is 0 Å². The monoisotopic (exact) mass is 315 g/mol. The zero-order valence-electron chi connectivity index (χ0n) is 13.8. The maximum absolute atomic E-state index is 4.69. The fourth-order valence-electron chi connectivity index (χ4n) is 2.04. The van der Waals surface area contributed by atoms with E-state index in [9.17, 15) is 0 Å². The van der Waals surface area contributed by atoms with Gasteiger partial charge in [-0.25, -0.2) is 9.97 Å². The summed E-state index contributed by atoms with van der Waals surface area (Å²) in [6.07, 6.45) is 12.9. The highest BCUT2D eigenvalue weighted by molar-refractivity contribution is 5.73. The third-order valence-corrected chi connectivity index (χ3v) is 3.21. The smallest absolute Gasteiger partial charge is 0.162 e. The Kier molecular flexibility index (Phi) is 6.47. The molecule has 0 aliphatic heterocycles. The molecule has 0 aliphatic rings. The summed E-state index contributed by atoms with van der Waals surface area (Å²) in [5, 5.41) is 3.15. The lowest BCUT2D eigenvalue weighted by atomic mass is 10.1. The van der Waals surface area contributed by atoms with Gasteiger partial charge in [-0.15, -0.1) is 0 Å². The molecule has 0 aliphatic carbocycles. The predicted molar refractivity (Wildman–Crippen MR) is 103 cm³/mol. The lowest BCUT2D eigenvalue weighted by Crippen LogP contribution is -2.00. The number of allylic oxidation sites excluding steroid dienone is 7. The second kappa shape index (κ2) is 9.06. The first-order chi connectivity index (χ1) is 11.8. The second-order valence-electron chi connectivity index (χ2n) is 4.92. The van der Waals surface area contributed by atoms with Crippen LogP contribution in [-0.2, 0) is 0 Å². The topological polar surface area (TPSA) is 37.8 Å². The van der Waals surface area contributed by atoms with Crippen LogP contribution in [-0.4, -0.2) is 9.97 Å². The fraction of sp³-hybridized carbons (Fsp3) is 0.0476. The Bertz CT molecular complexity index is 784. The van der Waals surface area contributed by atoms with E-state index < -0.39 is 0 Å². The van der Waals surface area contributed by atoms with Crippen LogP contribution in [0.4, 0.5) is 5.82 Å². The molecule has 0 atom stereocenters. The minimum Gasteiger partial charge on any atom is -0.347 e. The molecule has 0 spiro atoms. The first-order valence-electron chi connectivity index (χ1n) is 7.73. The highest BCUT2D eigenvalue weighted by atomic mass is 15.0. The van der Waals surface area contributed by atoms with E-state index >= 15 is 0 Å². The zero-order valence-corrected chi connectivity index (χ0v) is 13.8. The van der Waals surface area contributed by atoms with Gasteiger partial charge < -0.3 is 5.32 Å². The van der Waals surface area contributed by atoms with Crippen molar-refractivity contribution in [3.05, 3.63) is 98.0 Å². The largest absolute Gasteiger partial charge is 0.347 e. The van der Waals surface area contributed by atoms with Crippen molar-refractivity contribution in [2.24, 2.45) is 0 Å². The third kappa shape index (κ3) is 4.65. The van der Waals surface area contributed by atoms with Gasteiger partial charge in [0.05, 0.1) is 5.69 Å². The van der Waals surface area contributed by atoms with Crippen LogP contribution in [0.2, 0.25) is 0 Å². The lowest BCUT2D eigenvalue weighted by molar-refractivity contribution is 1.13. The molecule has 1 aromatic carbocycles. The molecule has 0 amide bonds. The molecule has 0 unspecified atom stereocenters. The van der Waals surface area contributed by atoms with Gasteiger partial charge in [-0.3, -0.25) is 0 Å². The number of aromatic nitrogens is 2. The van der Waals surface area contributed by atoms with E-state index in [0.29, 0.717) is 11.6 Å².